The molecule has 1 aromatic carbocycles. The Morgan fingerprint density at radius 3 is 1.78 bits per heavy atom. The molecule has 0 aliphatic rings. The highest BCUT2D eigenvalue weighted by Gasteiger charge is 2.14. The SMILES string of the molecule is CCOC(=O)NCCCOCCOCCOCCCNC(=O)c1ccc(C(C)(C)C)cc1. The Kier molecular flexibility index (Phi) is 14.3. The van der Waals surface area contributed by atoms with Crippen molar-refractivity contribution in [2.75, 3.05) is 59.3 Å². The van der Waals surface area contributed by atoms with Crippen LogP contribution in [0.15, 0.2) is 24.3 Å². The minimum Gasteiger partial charge on any atom is -0.450 e. The van der Waals surface area contributed by atoms with Gasteiger partial charge in [0, 0.05) is 31.9 Å². The molecular formula is C24H40N2O6. The molecule has 32 heavy (non-hydrogen) atoms. The van der Waals surface area contributed by atoms with Crippen molar-refractivity contribution in [2.45, 2.75) is 46.0 Å². The number of hydrogen-bond donors (Lipinski definition) is 2. The highest BCUT2D eigenvalue weighted by molar-refractivity contribution is 5.94. The maximum atomic E-state index is 12.2. The second-order valence-electron chi connectivity index (χ2n) is 8.27. The van der Waals surface area contributed by atoms with Crippen LogP contribution in [0.3, 0.4) is 0 Å². The minimum absolute atomic E-state index is 0.0644. The molecule has 0 aliphatic carbocycles. The van der Waals surface area contributed by atoms with Crippen LogP contribution >= 0.6 is 0 Å². The summed E-state index contributed by atoms with van der Waals surface area (Å²) < 4.78 is 21.1. The highest BCUT2D eigenvalue weighted by atomic mass is 16.5. The summed E-state index contributed by atoms with van der Waals surface area (Å²) in [5.74, 6) is -0.0644. The standard InChI is InChI=1S/C24H40N2O6/c1-5-32-23(28)26-13-7-15-30-17-19-31-18-16-29-14-6-12-25-22(27)20-8-10-21(11-9-20)24(2,3)4/h8-11H,5-7,12-19H2,1-4H3,(H,25,27)(H,26,28). The van der Waals surface area contributed by atoms with Gasteiger partial charge in [0.05, 0.1) is 33.0 Å². The van der Waals surface area contributed by atoms with E-state index < -0.39 is 6.09 Å². The maximum Gasteiger partial charge on any atom is 0.407 e. The second kappa shape index (κ2) is 16.5. The van der Waals surface area contributed by atoms with Gasteiger partial charge in [-0.25, -0.2) is 4.79 Å². The molecule has 1 rings (SSSR count). The Bertz CT molecular complexity index is 643. The summed E-state index contributed by atoms with van der Waals surface area (Å²) in [5.41, 5.74) is 1.96. The predicted octanol–water partition coefficient (Wildman–Crippen LogP) is 3.29. The van der Waals surface area contributed by atoms with Gasteiger partial charge in [0.2, 0.25) is 0 Å². The summed E-state index contributed by atoms with van der Waals surface area (Å²) in [5, 5.41) is 5.54. The molecule has 8 heteroatoms. The molecule has 0 unspecified atom stereocenters. The molecule has 0 saturated heterocycles. The fraction of sp³-hybridized carbons (Fsp3) is 0.667. The van der Waals surface area contributed by atoms with Gasteiger partial charge in [-0.2, -0.15) is 0 Å². The normalized spacial score (nSPS) is 11.2. The van der Waals surface area contributed by atoms with Crippen molar-refractivity contribution < 1.29 is 28.5 Å². The van der Waals surface area contributed by atoms with Crippen LogP contribution < -0.4 is 10.6 Å². The molecule has 0 radical (unpaired) electrons. The van der Waals surface area contributed by atoms with Gasteiger partial charge in [-0.05, 0) is 42.9 Å². The molecule has 2 N–H and O–H groups in total. The van der Waals surface area contributed by atoms with Gasteiger partial charge in [0.1, 0.15) is 0 Å². The number of carbonyl (C=O) groups is 2. The molecular weight excluding hydrogens is 412 g/mol. The van der Waals surface area contributed by atoms with Crippen molar-refractivity contribution in [3.8, 4) is 0 Å². The van der Waals surface area contributed by atoms with Crippen LogP contribution in [0.25, 0.3) is 0 Å². The van der Waals surface area contributed by atoms with E-state index in [-0.39, 0.29) is 11.3 Å². The van der Waals surface area contributed by atoms with Gasteiger partial charge in [0.25, 0.3) is 5.91 Å². The number of alkyl carbamates (subject to hydrolysis) is 1. The number of benzene rings is 1. The van der Waals surface area contributed by atoms with Crippen LogP contribution in [0.1, 0.15) is 56.5 Å². The first-order valence-corrected chi connectivity index (χ1v) is 11.4. The molecule has 2 amide bonds. The molecule has 0 aromatic heterocycles. The summed E-state index contributed by atoms with van der Waals surface area (Å²) >= 11 is 0. The van der Waals surface area contributed by atoms with Crippen LogP contribution in [0.4, 0.5) is 4.79 Å². The molecule has 182 valence electrons. The van der Waals surface area contributed by atoms with Crippen LogP contribution in [-0.2, 0) is 24.4 Å². The third kappa shape index (κ3) is 13.3. The molecule has 0 atom stereocenters. The molecule has 0 bridgehead atoms. The largest absolute Gasteiger partial charge is 0.450 e. The van der Waals surface area contributed by atoms with Crippen molar-refractivity contribution in [1.82, 2.24) is 10.6 Å². The summed E-state index contributed by atoms with van der Waals surface area (Å²) in [6.45, 7) is 12.8. The second-order valence-corrected chi connectivity index (χ2v) is 8.27. The summed E-state index contributed by atoms with van der Waals surface area (Å²) in [6.07, 6.45) is 1.07. The van der Waals surface area contributed by atoms with E-state index in [4.69, 9.17) is 18.9 Å². The molecule has 0 saturated carbocycles. The van der Waals surface area contributed by atoms with Gasteiger partial charge >= 0.3 is 6.09 Å². The van der Waals surface area contributed by atoms with Crippen LogP contribution in [0, 0.1) is 0 Å². The minimum atomic E-state index is -0.399. The van der Waals surface area contributed by atoms with Crippen LogP contribution in [-0.4, -0.2) is 71.3 Å². The van der Waals surface area contributed by atoms with E-state index in [0.29, 0.717) is 64.9 Å². The third-order valence-corrected chi connectivity index (χ3v) is 4.52. The van der Waals surface area contributed by atoms with Crippen LogP contribution in [0.2, 0.25) is 0 Å². The third-order valence-electron chi connectivity index (χ3n) is 4.52. The monoisotopic (exact) mass is 452 g/mol. The maximum absolute atomic E-state index is 12.2. The number of carbonyl (C=O) groups excluding carboxylic acids is 2. The lowest BCUT2D eigenvalue weighted by Crippen LogP contribution is -2.26. The van der Waals surface area contributed by atoms with Crippen molar-refractivity contribution >= 4 is 12.0 Å². The molecule has 0 aliphatic heterocycles. The first-order valence-electron chi connectivity index (χ1n) is 11.4. The van der Waals surface area contributed by atoms with Crippen molar-refractivity contribution in [1.29, 1.82) is 0 Å². The van der Waals surface area contributed by atoms with Gasteiger partial charge < -0.3 is 29.6 Å². The molecule has 8 nitrogen and oxygen atoms in total. The zero-order chi connectivity index (χ0) is 23.7. The van der Waals surface area contributed by atoms with E-state index in [0.717, 1.165) is 12.8 Å². The quantitative estimate of drug-likeness (QED) is 0.374. The Hall–Kier alpha value is -2.16. The van der Waals surface area contributed by atoms with Crippen LogP contribution in [0.5, 0.6) is 0 Å². The Labute approximate surface area is 192 Å². The number of nitrogens with one attached hydrogen (secondary N) is 2. The van der Waals surface area contributed by atoms with E-state index in [1.165, 1.54) is 5.56 Å². The van der Waals surface area contributed by atoms with Gasteiger partial charge in [-0.1, -0.05) is 32.9 Å². The fourth-order valence-corrected chi connectivity index (χ4v) is 2.69. The molecule has 0 heterocycles. The van der Waals surface area contributed by atoms with E-state index in [1.807, 2.05) is 24.3 Å². The Balaban J connectivity index is 1.90. The van der Waals surface area contributed by atoms with E-state index in [1.54, 1.807) is 6.92 Å². The summed E-state index contributed by atoms with van der Waals surface area (Å²) in [4.78, 5) is 23.2. The van der Waals surface area contributed by atoms with Crippen molar-refractivity contribution in [3.05, 3.63) is 35.4 Å². The molecule has 0 fully saturated rings. The zero-order valence-corrected chi connectivity index (χ0v) is 20.0. The predicted molar refractivity (Wildman–Crippen MR) is 124 cm³/mol. The van der Waals surface area contributed by atoms with Crippen molar-refractivity contribution in [3.63, 3.8) is 0 Å². The zero-order valence-electron chi connectivity index (χ0n) is 20.0. The summed E-state index contributed by atoms with van der Waals surface area (Å²) in [6, 6.07) is 7.75. The number of hydrogen-bond acceptors (Lipinski definition) is 6. The first-order chi connectivity index (χ1) is 15.3. The van der Waals surface area contributed by atoms with E-state index in [9.17, 15) is 9.59 Å². The van der Waals surface area contributed by atoms with Crippen molar-refractivity contribution in [2.24, 2.45) is 0 Å². The van der Waals surface area contributed by atoms with Gasteiger partial charge in [-0.3, -0.25) is 4.79 Å². The van der Waals surface area contributed by atoms with E-state index in [2.05, 4.69) is 31.4 Å². The lowest BCUT2D eigenvalue weighted by Gasteiger charge is -2.19. The number of rotatable bonds is 16. The topological polar surface area (TPSA) is 95.1 Å². The summed E-state index contributed by atoms with van der Waals surface area (Å²) in [7, 11) is 0. The van der Waals surface area contributed by atoms with Gasteiger partial charge in [0.15, 0.2) is 0 Å². The fourth-order valence-electron chi connectivity index (χ4n) is 2.69. The number of ether oxygens (including phenoxy) is 4. The smallest absolute Gasteiger partial charge is 0.407 e. The molecule has 0 spiro atoms. The lowest BCUT2D eigenvalue weighted by atomic mass is 9.87. The average molecular weight is 453 g/mol. The average Bonchev–Trinajstić information content (AvgIpc) is 2.76. The van der Waals surface area contributed by atoms with E-state index >= 15 is 0 Å². The Morgan fingerprint density at radius 2 is 1.28 bits per heavy atom. The first kappa shape index (κ1) is 27.9. The Morgan fingerprint density at radius 1 is 0.781 bits per heavy atom. The number of amides is 2. The highest BCUT2D eigenvalue weighted by Crippen LogP contribution is 2.22. The van der Waals surface area contributed by atoms with Gasteiger partial charge in [-0.15, -0.1) is 0 Å². The molecule has 1 aromatic rings. The lowest BCUT2D eigenvalue weighted by molar-refractivity contribution is 0.0138.